The van der Waals surface area contributed by atoms with Crippen LogP contribution >= 0.6 is 0 Å². The minimum atomic E-state index is -0.326. The van der Waals surface area contributed by atoms with Crippen LogP contribution in [0.2, 0.25) is 0 Å². The van der Waals surface area contributed by atoms with Crippen LogP contribution < -0.4 is 9.47 Å². The van der Waals surface area contributed by atoms with E-state index in [-0.39, 0.29) is 24.2 Å². The number of aromatic nitrogens is 2. The maximum atomic E-state index is 13.1. The minimum absolute atomic E-state index is 0.00441. The molecule has 4 rings (SSSR count). The summed E-state index contributed by atoms with van der Waals surface area (Å²) < 4.78 is 29.1. The van der Waals surface area contributed by atoms with E-state index in [1.54, 1.807) is 26.4 Å². The smallest absolute Gasteiger partial charge is 0.227 e. The first-order chi connectivity index (χ1) is 15.1. The summed E-state index contributed by atoms with van der Waals surface area (Å²) in [6.45, 7) is 0.711. The van der Waals surface area contributed by atoms with E-state index in [0.29, 0.717) is 41.7 Å². The Hall–Kier alpha value is -3.42. The molecule has 31 heavy (non-hydrogen) atoms. The number of likely N-dealkylation sites (tertiary alicyclic amines) is 1. The van der Waals surface area contributed by atoms with Crippen LogP contribution in [0.4, 0.5) is 4.39 Å². The average Bonchev–Trinajstić information content (AvgIpc) is 3.47. The Morgan fingerprint density at radius 1 is 1.16 bits per heavy atom. The molecule has 1 aliphatic heterocycles. The van der Waals surface area contributed by atoms with E-state index in [1.807, 2.05) is 23.1 Å². The Balaban J connectivity index is 1.41. The van der Waals surface area contributed by atoms with Crippen LogP contribution in [-0.2, 0) is 11.2 Å². The first-order valence-corrected chi connectivity index (χ1v) is 10.2. The summed E-state index contributed by atoms with van der Waals surface area (Å²) >= 11 is 0. The molecule has 162 valence electrons. The van der Waals surface area contributed by atoms with Gasteiger partial charge in [-0.25, -0.2) is 4.39 Å². The van der Waals surface area contributed by atoms with Gasteiger partial charge in [0.15, 0.2) is 11.5 Å². The van der Waals surface area contributed by atoms with E-state index in [9.17, 15) is 9.18 Å². The second kappa shape index (κ2) is 9.16. The number of benzene rings is 2. The zero-order valence-electron chi connectivity index (χ0n) is 17.5. The summed E-state index contributed by atoms with van der Waals surface area (Å²) in [5, 5.41) is 3.93. The fourth-order valence-electron chi connectivity index (χ4n) is 3.90. The van der Waals surface area contributed by atoms with Gasteiger partial charge in [0.2, 0.25) is 17.6 Å². The van der Waals surface area contributed by atoms with Crippen LogP contribution in [0.3, 0.4) is 0 Å². The number of ether oxygens (including phenoxy) is 2. The van der Waals surface area contributed by atoms with Gasteiger partial charge in [-0.05, 0) is 54.8 Å². The fraction of sp³-hybridized carbons (Fsp3) is 0.348. The number of halogens is 1. The number of amides is 1. The lowest BCUT2D eigenvalue weighted by Gasteiger charge is -2.25. The molecule has 2 aromatic carbocycles. The number of carbonyl (C=O) groups excluding carboxylic acids is 1. The molecular weight excluding hydrogens is 401 g/mol. The van der Waals surface area contributed by atoms with Crippen molar-refractivity contribution in [3.05, 3.63) is 59.7 Å². The predicted molar refractivity (Wildman–Crippen MR) is 111 cm³/mol. The molecule has 1 aliphatic rings. The number of carbonyl (C=O) groups is 1. The highest BCUT2D eigenvalue weighted by atomic mass is 19.1. The standard InChI is InChI=1S/C23H24FN3O4/c1-29-19-10-7-16(14-20(19)30-2)18-4-3-13-27(18)22(28)12-11-21-25-23(26-31-21)15-5-8-17(24)9-6-15/h5-10,14,18H,3-4,11-13H2,1-2H3. The average molecular weight is 425 g/mol. The van der Waals surface area contributed by atoms with Gasteiger partial charge < -0.3 is 18.9 Å². The molecule has 0 saturated carbocycles. The molecule has 8 heteroatoms. The number of rotatable bonds is 7. The Bertz CT molecular complexity index is 1050. The maximum Gasteiger partial charge on any atom is 0.227 e. The Labute approximate surface area is 179 Å². The molecule has 1 unspecified atom stereocenters. The molecule has 0 bridgehead atoms. The topological polar surface area (TPSA) is 77.7 Å². The highest BCUT2D eigenvalue weighted by Gasteiger charge is 2.30. The van der Waals surface area contributed by atoms with Crippen molar-refractivity contribution in [3.63, 3.8) is 0 Å². The van der Waals surface area contributed by atoms with E-state index < -0.39 is 0 Å². The van der Waals surface area contributed by atoms with Crippen LogP contribution in [0.1, 0.15) is 36.8 Å². The third-order valence-corrected chi connectivity index (χ3v) is 5.49. The molecular formula is C23H24FN3O4. The molecule has 0 radical (unpaired) electrons. The first kappa shape index (κ1) is 20.8. The van der Waals surface area contributed by atoms with Crippen molar-refractivity contribution in [2.75, 3.05) is 20.8 Å². The lowest BCUT2D eigenvalue weighted by molar-refractivity contribution is -0.132. The van der Waals surface area contributed by atoms with E-state index >= 15 is 0 Å². The summed E-state index contributed by atoms with van der Waals surface area (Å²) in [5.41, 5.74) is 1.69. The highest BCUT2D eigenvalue weighted by molar-refractivity contribution is 5.77. The van der Waals surface area contributed by atoms with Crippen molar-refractivity contribution < 1.29 is 23.2 Å². The zero-order valence-corrected chi connectivity index (χ0v) is 17.5. The summed E-state index contributed by atoms with van der Waals surface area (Å²) in [4.78, 5) is 19.2. The van der Waals surface area contributed by atoms with Gasteiger partial charge in [0.25, 0.3) is 0 Å². The number of nitrogens with zero attached hydrogens (tertiary/aromatic N) is 3. The predicted octanol–water partition coefficient (Wildman–Crippen LogP) is 4.19. The number of hydrogen-bond donors (Lipinski definition) is 0. The first-order valence-electron chi connectivity index (χ1n) is 10.2. The van der Waals surface area contributed by atoms with Crippen molar-refractivity contribution in [1.82, 2.24) is 15.0 Å². The normalized spacial score (nSPS) is 15.8. The number of methoxy groups -OCH3 is 2. The number of hydrogen-bond acceptors (Lipinski definition) is 6. The lowest BCUT2D eigenvalue weighted by atomic mass is 10.0. The molecule has 1 aromatic heterocycles. The molecule has 1 amide bonds. The number of aryl methyl sites for hydroxylation is 1. The van der Waals surface area contributed by atoms with Crippen molar-refractivity contribution in [2.45, 2.75) is 31.7 Å². The minimum Gasteiger partial charge on any atom is -0.493 e. The van der Waals surface area contributed by atoms with Crippen molar-refractivity contribution >= 4 is 5.91 Å². The Kier molecular flexibility index (Phi) is 6.16. The summed E-state index contributed by atoms with van der Waals surface area (Å²) in [7, 11) is 3.20. The summed E-state index contributed by atoms with van der Waals surface area (Å²) in [6.07, 6.45) is 2.47. The molecule has 2 heterocycles. The van der Waals surface area contributed by atoms with Gasteiger partial charge >= 0.3 is 0 Å². The SMILES string of the molecule is COc1ccc(C2CCCN2C(=O)CCc2nc(-c3ccc(F)cc3)no2)cc1OC. The molecule has 0 aliphatic carbocycles. The van der Waals surface area contributed by atoms with Crippen molar-refractivity contribution in [1.29, 1.82) is 0 Å². The molecule has 3 aromatic rings. The molecule has 1 fully saturated rings. The van der Waals surface area contributed by atoms with Crippen molar-refractivity contribution in [3.8, 4) is 22.9 Å². The molecule has 0 N–H and O–H groups in total. The quantitative estimate of drug-likeness (QED) is 0.565. The maximum absolute atomic E-state index is 13.1. The van der Waals surface area contributed by atoms with Gasteiger partial charge in [0, 0.05) is 24.9 Å². The van der Waals surface area contributed by atoms with Crippen molar-refractivity contribution in [2.24, 2.45) is 0 Å². The summed E-state index contributed by atoms with van der Waals surface area (Å²) in [6, 6.07) is 11.6. The molecule has 1 saturated heterocycles. The van der Waals surface area contributed by atoms with Gasteiger partial charge in [-0.3, -0.25) is 4.79 Å². The lowest BCUT2D eigenvalue weighted by Crippen LogP contribution is -2.30. The van der Waals surface area contributed by atoms with Crippen LogP contribution in [-0.4, -0.2) is 41.7 Å². The Morgan fingerprint density at radius 3 is 2.68 bits per heavy atom. The third kappa shape index (κ3) is 4.52. The van der Waals surface area contributed by atoms with Gasteiger partial charge in [-0.2, -0.15) is 4.98 Å². The van der Waals surface area contributed by atoms with Gasteiger partial charge in [0.05, 0.1) is 20.3 Å². The largest absolute Gasteiger partial charge is 0.493 e. The van der Waals surface area contributed by atoms with E-state index in [2.05, 4.69) is 10.1 Å². The van der Waals surface area contributed by atoms with Gasteiger partial charge in [-0.15, -0.1) is 0 Å². The van der Waals surface area contributed by atoms with Crippen LogP contribution in [0, 0.1) is 5.82 Å². The van der Waals surface area contributed by atoms with E-state index in [4.69, 9.17) is 14.0 Å². The fourth-order valence-corrected chi connectivity index (χ4v) is 3.90. The summed E-state index contributed by atoms with van der Waals surface area (Å²) in [5.74, 6) is 1.79. The molecule has 0 spiro atoms. The van der Waals surface area contributed by atoms with E-state index in [1.165, 1.54) is 12.1 Å². The Morgan fingerprint density at radius 2 is 1.94 bits per heavy atom. The van der Waals surface area contributed by atoms with Crippen LogP contribution in [0.5, 0.6) is 11.5 Å². The second-order valence-electron chi connectivity index (χ2n) is 7.38. The van der Waals surface area contributed by atoms with Gasteiger partial charge in [-0.1, -0.05) is 11.2 Å². The molecule has 1 atom stereocenters. The zero-order chi connectivity index (χ0) is 21.8. The van der Waals surface area contributed by atoms with Crippen LogP contribution in [0.15, 0.2) is 47.0 Å². The highest BCUT2D eigenvalue weighted by Crippen LogP contribution is 2.37. The monoisotopic (exact) mass is 425 g/mol. The van der Waals surface area contributed by atoms with Crippen LogP contribution in [0.25, 0.3) is 11.4 Å². The second-order valence-corrected chi connectivity index (χ2v) is 7.38. The van der Waals surface area contributed by atoms with Gasteiger partial charge in [0.1, 0.15) is 5.82 Å². The molecule has 7 nitrogen and oxygen atoms in total. The third-order valence-electron chi connectivity index (χ3n) is 5.49. The van der Waals surface area contributed by atoms with E-state index in [0.717, 1.165) is 18.4 Å².